The summed E-state index contributed by atoms with van der Waals surface area (Å²) in [6, 6.07) is 4.90. The van der Waals surface area contributed by atoms with Gasteiger partial charge < -0.3 is 10.5 Å². The summed E-state index contributed by atoms with van der Waals surface area (Å²) in [5.74, 6) is -0.806. The summed E-state index contributed by atoms with van der Waals surface area (Å²) in [6.45, 7) is 0. The highest BCUT2D eigenvalue weighted by Gasteiger charge is 2.49. The van der Waals surface area contributed by atoms with Gasteiger partial charge in [-0.1, -0.05) is 0 Å². The average Bonchev–Trinajstić information content (AvgIpc) is 2.49. The van der Waals surface area contributed by atoms with Gasteiger partial charge in [-0.05, 0) is 0 Å². The predicted octanol–water partition coefficient (Wildman–Crippen LogP) is -1.54. The van der Waals surface area contributed by atoms with Crippen LogP contribution in [-0.2, 0) is 19.5 Å². The van der Waals surface area contributed by atoms with Gasteiger partial charge in [0.05, 0.1) is 12.1 Å². The fourth-order valence-electron chi connectivity index (χ4n) is 2.12. The van der Waals surface area contributed by atoms with Crippen molar-refractivity contribution >= 4 is 0 Å². The molecule has 9 heteroatoms. The number of nitrogens with two attached hydrogens (primary N) is 1. The maximum Gasteiger partial charge on any atom is 0.333 e. The van der Waals surface area contributed by atoms with Crippen LogP contribution < -0.4 is 21.7 Å². The summed E-state index contributed by atoms with van der Waals surface area (Å²) in [5.41, 5.74) is 0.851. The van der Waals surface area contributed by atoms with Crippen molar-refractivity contribution in [2.45, 2.75) is 5.41 Å². The summed E-state index contributed by atoms with van der Waals surface area (Å²) in [5, 5.41) is 27.9. The van der Waals surface area contributed by atoms with Crippen molar-refractivity contribution < 1.29 is 4.74 Å². The molecular formula is C12H8N6O3. The van der Waals surface area contributed by atoms with Crippen molar-refractivity contribution in [2.75, 3.05) is 0 Å². The molecule has 0 aromatic carbocycles. The topological polar surface area (TPSA) is 151 Å². The highest BCUT2D eigenvalue weighted by Crippen LogP contribution is 2.39. The van der Waals surface area contributed by atoms with Gasteiger partial charge >= 0.3 is 5.69 Å². The highest BCUT2D eigenvalue weighted by molar-refractivity contribution is 5.61. The maximum atomic E-state index is 12.3. The minimum absolute atomic E-state index is 0.317. The molecule has 1 aliphatic rings. The van der Waals surface area contributed by atoms with E-state index < -0.39 is 33.7 Å². The van der Waals surface area contributed by atoms with Gasteiger partial charge in [0.25, 0.3) is 5.56 Å². The van der Waals surface area contributed by atoms with Gasteiger partial charge in [0.2, 0.25) is 17.2 Å². The number of nitrogens with zero attached hydrogens (tertiary/aromatic N) is 5. The van der Waals surface area contributed by atoms with E-state index in [-0.39, 0.29) is 5.88 Å². The van der Waals surface area contributed by atoms with Gasteiger partial charge in [-0.3, -0.25) is 13.9 Å². The first-order valence-electron chi connectivity index (χ1n) is 5.56. The van der Waals surface area contributed by atoms with E-state index in [2.05, 4.69) is 0 Å². The molecule has 0 atom stereocenters. The molecule has 0 spiro atoms. The standard InChI is InChI=1S/C12H8N6O3/c1-17-9(19)7-10(18(2)11(17)20)21-8(16)6(3-13)12(7,4-14)5-15/h16H2,1-2H3. The van der Waals surface area contributed by atoms with Crippen LogP contribution in [0, 0.1) is 34.0 Å². The average molecular weight is 284 g/mol. The second kappa shape index (κ2) is 4.26. The molecule has 0 amide bonds. The lowest BCUT2D eigenvalue weighted by Gasteiger charge is -2.27. The second-order valence-corrected chi connectivity index (χ2v) is 4.31. The SMILES string of the molecule is Cn1c2c(c(=O)n(C)c1=O)C(C#N)(C#N)C(C#N)=C(N)O2. The molecule has 0 radical (unpaired) electrons. The third-order valence-electron chi connectivity index (χ3n) is 3.26. The Morgan fingerprint density at radius 1 is 1.14 bits per heavy atom. The largest absolute Gasteiger partial charge is 0.423 e. The van der Waals surface area contributed by atoms with Crippen LogP contribution in [0.15, 0.2) is 21.0 Å². The first kappa shape index (κ1) is 13.9. The van der Waals surface area contributed by atoms with E-state index in [0.29, 0.717) is 0 Å². The van der Waals surface area contributed by atoms with Crippen LogP contribution in [0.4, 0.5) is 0 Å². The van der Waals surface area contributed by atoms with Crippen molar-refractivity contribution in [1.29, 1.82) is 15.8 Å². The van der Waals surface area contributed by atoms with E-state index in [1.54, 1.807) is 18.2 Å². The van der Waals surface area contributed by atoms with E-state index in [4.69, 9.17) is 15.7 Å². The third-order valence-corrected chi connectivity index (χ3v) is 3.26. The van der Waals surface area contributed by atoms with Crippen molar-refractivity contribution in [2.24, 2.45) is 19.8 Å². The van der Waals surface area contributed by atoms with Gasteiger partial charge in [-0.2, -0.15) is 15.8 Å². The quantitative estimate of drug-likeness (QED) is 0.605. The number of allylic oxidation sites excluding steroid dienone is 1. The van der Waals surface area contributed by atoms with E-state index in [0.717, 1.165) is 9.13 Å². The molecule has 0 saturated heterocycles. The first-order valence-corrected chi connectivity index (χ1v) is 5.56. The summed E-state index contributed by atoms with van der Waals surface area (Å²) >= 11 is 0. The van der Waals surface area contributed by atoms with Crippen LogP contribution in [0.2, 0.25) is 0 Å². The molecular weight excluding hydrogens is 276 g/mol. The highest BCUT2D eigenvalue weighted by atomic mass is 16.5. The molecule has 2 N–H and O–H groups in total. The van der Waals surface area contributed by atoms with Gasteiger partial charge in [0.15, 0.2) is 0 Å². The Balaban J connectivity index is 3.14. The lowest BCUT2D eigenvalue weighted by molar-refractivity contribution is 0.341. The molecule has 2 heterocycles. The normalized spacial score (nSPS) is 15.2. The number of hydrogen-bond acceptors (Lipinski definition) is 7. The van der Waals surface area contributed by atoms with Crippen molar-refractivity contribution in [3.8, 4) is 24.1 Å². The Kier molecular flexibility index (Phi) is 2.82. The summed E-state index contributed by atoms with van der Waals surface area (Å²) in [7, 11) is 2.49. The van der Waals surface area contributed by atoms with Gasteiger partial charge in [0, 0.05) is 14.1 Å². The van der Waals surface area contributed by atoms with Gasteiger partial charge in [0.1, 0.15) is 17.2 Å². The number of ether oxygens (including phenoxy) is 1. The summed E-state index contributed by atoms with van der Waals surface area (Å²) < 4.78 is 6.79. The Labute approximate surface area is 117 Å². The maximum absolute atomic E-state index is 12.3. The Bertz CT molecular complexity index is 914. The van der Waals surface area contributed by atoms with Crippen LogP contribution in [-0.4, -0.2) is 9.13 Å². The lowest BCUT2D eigenvalue weighted by Crippen LogP contribution is -2.47. The lowest BCUT2D eigenvalue weighted by atomic mass is 9.76. The summed E-state index contributed by atoms with van der Waals surface area (Å²) in [4.78, 5) is 24.1. The molecule has 0 aliphatic carbocycles. The zero-order valence-corrected chi connectivity index (χ0v) is 11.0. The minimum Gasteiger partial charge on any atom is -0.423 e. The van der Waals surface area contributed by atoms with Crippen molar-refractivity contribution in [1.82, 2.24) is 9.13 Å². The number of aromatic nitrogens is 2. The zero-order valence-electron chi connectivity index (χ0n) is 11.0. The van der Waals surface area contributed by atoms with Gasteiger partial charge in [-0.15, -0.1) is 0 Å². The van der Waals surface area contributed by atoms with E-state index in [1.165, 1.54) is 14.1 Å². The fourth-order valence-corrected chi connectivity index (χ4v) is 2.12. The third kappa shape index (κ3) is 1.47. The monoisotopic (exact) mass is 284 g/mol. The molecule has 104 valence electrons. The van der Waals surface area contributed by atoms with Crippen LogP contribution in [0.1, 0.15) is 5.56 Å². The van der Waals surface area contributed by atoms with Crippen LogP contribution in [0.3, 0.4) is 0 Å². The molecule has 1 aromatic heterocycles. The zero-order chi connectivity index (χ0) is 15.9. The fraction of sp³-hybridized carbons (Fsp3) is 0.250. The van der Waals surface area contributed by atoms with Crippen LogP contribution >= 0.6 is 0 Å². The molecule has 0 bridgehead atoms. The molecule has 1 aliphatic heterocycles. The molecule has 0 fully saturated rings. The number of nitriles is 3. The molecule has 1 aromatic rings. The minimum atomic E-state index is -2.22. The number of hydrogen-bond donors (Lipinski definition) is 1. The number of fused-ring (bicyclic) bond motifs is 1. The van der Waals surface area contributed by atoms with Crippen molar-refractivity contribution in [3.63, 3.8) is 0 Å². The molecule has 0 saturated carbocycles. The van der Waals surface area contributed by atoms with Gasteiger partial charge in [-0.25, -0.2) is 4.79 Å². The summed E-state index contributed by atoms with van der Waals surface area (Å²) in [6.07, 6.45) is 0. The second-order valence-electron chi connectivity index (χ2n) is 4.31. The van der Waals surface area contributed by atoms with Crippen LogP contribution in [0.5, 0.6) is 5.88 Å². The Hall–Kier alpha value is -3.51. The van der Waals surface area contributed by atoms with E-state index in [1.807, 2.05) is 0 Å². The predicted molar refractivity (Wildman–Crippen MR) is 67.3 cm³/mol. The molecule has 0 unspecified atom stereocenters. The molecule has 2 rings (SSSR count). The Morgan fingerprint density at radius 3 is 2.19 bits per heavy atom. The van der Waals surface area contributed by atoms with Crippen LogP contribution in [0.25, 0.3) is 0 Å². The molecule has 21 heavy (non-hydrogen) atoms. The molecule has 9 nitrogen and oxygen atoms in total. The van der Waals surface area contributed by atoms with E-state index >= 15 is 0 Å². The Morgan fingerprint density at radius 2 is 1.71 bits per heavy atom. The first-order chi connectivity index (χ1) is 9.85. The van der Waals surface area contributed by atoms with Crippen molar-refractivity contribution in [3.05, 3.63) is 37.9 Å². The smallest absolute Gasteiger partial charge is 0.333 e. The number of rotatable bonds is 0. The van der Waals surface area contributed by atoms with E-state index in [9.17, 15) is 20.1 Å².